The van der Waals surface area contributed by atoms with E-state index in [0.29, 0.717) is 12.3 Å². The van der Waals surface area contributed by atoms with Gasteiger partial charge in [-0.25, -0.2) is 0 Å². The molecule has 2 saturated heterocycles. The molecular formula is C20H31N3O2. The van der Waals surface area contributed by atoms with Crippen LogP contribution in [0.1, 0.15) is 12.0 Å². The molecule has 1 aromatic rings. The number of likely N-dealkylation sites (tertiary alicyclic amines) is 1. The van der Waals surface area contributed by atoms with Crippen LogP contribution < -0.4 is 0 Å². The standard InChI is InChI=1S/C20H31N3O2/c1-21(2)10-11-22-12-13-25-19-16-23(9-8-18(19)15-22)20(24)14-17-6-4-3-5-7-17/h3-7,18-19H,8-16H2,1-2H3/t18-,19-/m1/s1. The van der Waals surface area contributed by atoms with Crippen LogP contribution in [0.3, 0.4) is 0 Å². The van der Waals surface area contributed by atoms with Crippen molar-refractivity contribution in [2.45, 2.75) is 18.9 Å². The molecule has 2 heterocycles. The van der Waals surface area contributed by atoms with Gasteiger partial charge in [0.05, 0.1) is 19.1 Å². The molecule has 2 aliphatic heterocycles. The van der Waals surface area contributed by atoms with Gasteiger partial charge in [0.2, 0.25) is 5.91 Å². The summed E-state index contributed by atoms with van der Waals surface area (Å²) in [5.41, 5.74) is 1.09. The number of benzene rings is 1. The normalized spacial score (nSPS) is 24.8. The summed E-state index contributed by atoms with van der Waals surface area (Å²) in [7, 11) is 4.24. The van der Waals surface area contributed by atoms with E-state index < -0.39 is 0 Å². The van der Waals surface area contributed by atoms with Crippen molar-refractivity contribution in [1.82, 2.24) is 14.7 Å². The van der Waals surface area contributed by atoms with Crippen LogP contribution in [-0.4, -0.2) is 86.7 Å². The van der Waals surface area contributed by atoms with Crippen molar-refractivity contribution >= 4 is 5.91 Å². The topological polar surface area (TPSA) is 36.0 Å². The van der Waals surface area contributed by atoms with Gasteiger partial charge < -0.3 is 14.5 Å². The molecule has 5 heteroatoms. The molecule has 2 aliphatic rings. The van der Waals surface area contributed by atoms with Crippen molar-refractivity contribution < 1.29 is 9.53 Å². The molecule has 2 fully saturated rings. The fourth-order valence-corrected chi connectivity index (χ4v) is 3.77. The van der Waals surface area contributed by atoms with E-state index in [-0.39, 0.29) is 12.0 Å². The fraction of sp³-hybridized carbons (Fsp3) is 0.650. The van der Waals surface area contributed by atoms with Gasteiger partial charge in [-0.1, -0.05) is 30.3 Å². The Balaban J connectivity index is 1.52. The Bertz CT molecular complexity index is 549. The maximum atomic E-state index is 12.6. The van der Waals surface area contributed by atoms with Crippen molar-refractivity contribution in [3.63, 3.8) is 0 Å². The summed E-state index contributed by atoms with van der Waals surface area (Å²) in [4.78, 5) is 19.4. The third-order valence-corrected chi connectivity index (χ3v) is 5.34. The summed E-state index contributed by atoms with van der Waals surface area (Å²) in [6.45, 7) is 6.65. The van der Waals surface area contributed by atoms with Crippen LogP contribution in [0.5, 0.6) is 0 Å². The third-order valence-electron chi connectivity index (χ3n) is 5.34. The highest BCUT2D eigenvalue weighted by Gasteiger charge is 2.34. The lowest BCUT2D eigenvalue weighted by atomic mass is 9.93. The second kappa shape index (κ2) is 8.79. The zero-order chi connectivity index (χ0) is 17.6. The van der Waals surface area contributed by atoms with Crippen LogP contribution in [0.15, 0.2) is 30.3 Å². The number of hydrogen-bond donors (Lipinski definition) is 0. The smallest absolute Gasteiger partial charge is 0.227 e. The predicted molar refractivity (Wildman–Crippen MR) is 99.6 cm³/mol. The van der Waals surface area contributed by atoms with Crippen LogP contribution in [0.4, 0.5) is 0 Å². The van der Waals surface area contributed by atoms with E-state index in [9.17, 15) is 4.79 Å². The molecule has 0 spiro atoms. The minimum atomic E-state index is 0.192. The Morgan fingerprint density at radius 3 is 2.76 bits per heavy atom. The summed E-state index contributed by atoms with van der Waals surface area (Å²) in [6.07, 6.45) is 1.73. The lowest BCUT2D eigenvalue weighted by Gasteiger charge is -2.38. The summed E-state index contributed by atoms with van der Waals surface area (Å²) in [6, 6.07) is 10.0. The number of rotatable bonds is 5. The number of carbonyl (C=O) groups is 1. The van der Waals surface area contributed by atoms with E-state index in [1.165, 1.54) is 0 Å². The quantitative estimate of drug-likeness (QED) is 0.807. The van der Waals surface area contributed by atoms with Gasteiger partial charge >= 0.3 is 0 Å². The van der Waals surface area contributed by atoms with E-state index in [1.54, 1.807) is 0 Å². The zero-order valence-corrected chi connectivity index (χ0v) is 15.6. The van der Waals surface area contributed by atoms with E-state index in [0.717, 1.165) is 57.9 Å². The van der Waals surface area contributed by atoms with Crippen molar-refractivity contribution in [2.24, 2.45) is 5.92 Å². The predicted octanol–water partition coefficient (Wildman–Crippen LogP) is 1.34. The van der Waals surface area contributed by atoms with Gasteiger partial charge in [0, 0.05) is 45.2 Å². The van der Waals surface area contributed by atoms with Gasteiger partial charge in [-0.3, -0.25) is 9.69 Å². The maximum Gasteiger partial charge on any atom is 0.227 e. The first kappa shape index (κ1) is 18.4. The van der Waals surface area contributed by atoms with Gasteiger partial charge in [-0.15, -0.1) is 0 Å². The van der Waals surface area contributed by atoms with Crippen LogP contribution in [0.2, 0.25) is 0 Å². The Labute approximate surface area is 151 Å². The second-order valence-electron chi connectivity index (χ2n) is 7.56. The lowest BCUT2D eigenvalue weighted by molar-refractivity contribution is -0.136. The summed E-state index contributed by atoms with van der Waals surface area (Å²) in [5.74, 6) is 0.771. The number of piperidine rings is 1. The Morgan fingerprint density at radius 1 is 1.20 bits per heavy atom. The molecule has 0 unspecified atom stereocenters. The molecule has 2 atom stereocenters. The average Bonchev–Trinajstić information content (AvgIpc) is 2.82. The molecule has 0 aliphatic carbocycles. The fourth-order valence-electron chi connectivity index (χ4n) is 3.77. The van der Waals surface area contributed by atoms with Crippen LogP contribution in [0, 0.1) is 5.92 Å². The SMILES string of the molecule is CN(C)CCN1CCO[C@@H]2CN(C(=O)Cc3ccccc3)CC[C@@H]2C1. The number of carbonyl (C=O) groups excluding carboxylic acids is 1. The molecule has 0 aromatic heterocycles. The second-order valence-corrected chi connectivity index (χ2v) is 7.56. The van der Waals surface area contributed by atoms with Gasteiger partial charge in [-0.2, -0.15) is 0 Å². The molecule has 5 nitrogen and oxygen atoms in total. The van der Waals surface area contributed by atoms with E-state index in [4.69, 9.17) is 4.74 Å². The van der Waals surface area contributed by atoms with Crippen LogP contribution in [-0.2, 0) is 16.0 Å². The van der Waals surface area contributed by atoms with Gasteiger partial charge in [0.15, 0.2) is 0 Å². The minimum Gasteiger partial charge on any atom is -0.375 e. The largest absolute Gasteiger partial charge is 0.375 e. The number of nitrogens with zero attached hydrogens (tertiary/aromatic N) is 3. The third kappa shape index (κ3) is 5.27. The van der Waals surface area contributed by atoms with Gasteiger partial charge in [0.1, 0.15) is 0 Å². The lowest BCUT2D eigenvalue weighted by Crippen LogP contribution is -2.49. The maximum absolute atomic E-state index is 12.6. The van der Waals surface area contributed by atoms with Crippen molar-refractivity contribution in [2.75, 3.05) is 60.0 Å². The molecule has 0 radical (unpaired) electrons. The zero-order valence-electron chi connectivity index (χ0n) is 15.6. The number of ether oxygens (including phenoxy) is 1. The highest BCUT2D eigenvalue weighted by Crippen LogP contribution is 2.24. The molecule has 1 amide bonds. The highest BCUT2D eigenvalue weighted by atomic mass is 16.5. The van der Waals surface area contributed by atoms with E-state index in [2.05, 4.69) is 23.9 Å². The van der Waals surface area contributed by atoms with Crippen molar-refractivity contribution in [1.29, 1.82) is 0 Å². The van der Waals surface area contributed by atoms with E-state index in [1.807, 2.05) is 35.2 Å². The van der Waals surface area contributed by atoms with Crippen molar-refractivity contribution in [3.05, 3.63) is 35.9 Å². The van der Waals surface area contributed by atoms with Gasteiger partial charge in [-0.05, 0) is 26.1 Å². The summed E-state index contributed by atoms with van der Waals surface area (Å²) in [5, 5.41) is 0. The van der Waals surface area contributed by atoms with Crippen LogP contribution in [0.25, 0.3) is 0 Å². The minimum absolute atomic E-state index is 0.192. The first-order valence-electron chi connectivity index (χ1n) is 9.42. The first-order chi connectivity index (χ1) is 12.1. The van der Waals surface area contributed by atoms with Crippen LogP contribution >= 0.6 is 0 Å². The molecule has 0 N–H and O–H groups in total. The molecule has 138 valence electrons. The number of fused-ring (bicyclic) bond motifs is 1. The Hall–Kier alpha value is -1.43. The monoisotopic (exact) mass is 345 g/mol. The highest BCUT2D eigenvalue weighted by molar-refractivity contribution is 5.78. The molecular weight excluding hydrogens is 314 g/mol. The number of amides is 1. The van der Waals surface area contributed by atoms with Crippen molar-refractivity contribution in [3.8, 4) is 0 Å². The molecule has 0 saturated carbocycles. The first-order valence-corrected chi connectivity index (χ1v) is 9.42. The molecule has 3 rings (SSSR count). The number of hydrogen-bond acceptors (Lipinski definition) is 4. The summed E-state index contributed by atoms with van der Waals surface area (Å²) < 4.78 is 6.13. The average molecular weight is 345 g/mol. The van der Waals surface area contributed by atoms with E-state index >= 15 is 0 Å². The molecule has 25 heavy (non-hydrogen) atoms. The Kier molecular flexibility index (Phi) is 6.45. The molecule has 1 aromatic carbocycles. The molecule has 0 bridgehead atoms. The summed E-state index contributed by atoms with van der Waals surface area (Å²) >= 11 is 0. The Morgan fingerprint density at radius 2 is 2.00 bits per heavy atom. The number of likely N-dealkylation sites (N-methyl/N-ethyl adjacent to an activating group) is 1. The van der Waals surface area contributed by atoms with Gasteiger partial charge in [0.25, 0.3) is 0 Å².